The average molecular weight is 484 g/mol. The Labute approximate surface area is 192 Å². The van der Waals surface area contributed by atoms with E-state index in [9.17, 15) is 22.4 Å². The molecule has 2 aromatic heterocycles. The summed E-state index contributed by atoms with van der Waals surface area (Å²) in [4.78, 5) is 13.0. The fraction of sp³-hybridized carbons (Fsp3) is 0.409. The number of rotatable bonds is 6. The van der Waals surface area contributed by atoms with Gasteiger partial charge in [-0.25, -0.2) is 4.39 Å². The maximum atomic E-state index is 14.0. The van der Waals surface area contributed by atoms with Gasteiger partial charge in [0.05, 0.1) is 34.3 Å². The zero-order valence-corrected chi connectivity index (χ0v) is 18.9. The van der Waals surface area contributed by atoms with E-state index >= 15 is 0 Å². The molecule has 0 aliphatic heterocycles. The van der Waals surface area contributed by atoms with Crippen LogP contribution in [-0.4, -0.2) is 25.5 Å². The number of carbonyl (C=O) groups excluding carboxylic acids is 1. The number of nitrogens with zero attached hydrogens (tertiary/aromatic N) is 4. The normalized spacial score (nSPS) is 15.0. The third kappa shape index (κ3) is 4.48. The van der Waals surface area contributed by atoms with E-state index in [2.05, 4.69) is 15.5 Å². The molecular weight excluding hydrogens is 462 g/mol. The van der Waals surface area contributed by atoms with Crippen molar-refractivity contribution in [1.82, 2.24) is 19.6 Å². The lowest BCUT2D eigenvalue weighted by Crippen LogP contribution is -2.26. The van der Waals surface area contributed by atoms with E-state index in [0.29, 0.717) is 35.5 Å². The lowest BCUT2D eigenvalue weighted by molar-refractivity contribution is -0.141. The summed E-state index contributed by atoms with van der Waals surface area (Å²) in [7, 11) is 0. The molecule has 0 bridgehead atoms. The number of hydrogen-bond donors (Lipinski definition) is 1. The minimum absolute atomic E-state index is 0.150. The van der Waals surface area contributed by atoms with Gasteiger partial charge in [-0.05, 0) is 39.7 Å². The monoisotopic (exact) mass is 483 g/mol. The number of aryl methyl sites for hydroxylation is 1. The van der Waals surface area contributed by atoms with Crippen LogP contribution in [0.2, 0.25) is 5.02 Å². The van der Waals surface area contributed by atoms with Gasteiger partial charge in [0.25, 0.3) is 0 Å². The number of carbonyl (C=O) groups is 1. The number of aromatic nitrogens is 4. The molecule has 1 aliphatic carbocycles. The molecular formula is C22H22ClF4N5O. The molecule has 33 heavy (non-hydrogen) atoms. The van der Waals surface area contributed by atoms with Crippen LogP contribution < -0.4 is 5.32 Å². The van der Waals surface area contributed by atoms with Gasteiger partial charge >= 0.3 is 6.18 Å². The molecule has 1 atom stereocenters. The van der Waals surface area contributed by atoms with Crippen LogP contribution in [0.1, 0.15) is 60.1 Å². The Morgan fingerprint density at radius 2 is 1.91 bits per heavy atom. The van der Waals surface area contributed by atoms with E-state index in [1.54, 1.807) is 36.7 Å². The number of hydrogen-bond acceptors (Lipinski definition) is 3. The Kier molecular flexibility index (Phi) is 5.98. The topological polar surface area (TPSA) is 64.7 Å². The molecule has 2 heterocycles. The van der Waals surface area contributed by atoms with Crippen LogP contribution in [0.5, 0.6) is 0 Å². The van der Waals surface area contributed by atoms with Crippen molar-refractivity contribution < 1.29 is 22.4 Å². The van der Waals surface area contributed by atoms with Crippen LogP contribution in [0, 0.1) is 19.7 Å². The second-order valence-corrected chi connectivity index (χ2v) is 8.60. The molecule has 3 aromatic rings. The van der Waals surface area contributed by atoms with Gasteiger partial charge in [-0.15, -0.1) is 0 Å². The van der Waals surface area contributed by atoms with Crippen LogP contribution in [0.25, 0.3) is 0 Å². The van der Waals surface area contributed by atoms with E-state index in [0.717, 1.165) is 4.68 Å². The number of alkyl halides is 3. The molecule has 1 N–H and O–H groups in total. The first-order valence-corrected chi connectivity index (χ1v) is 10.8. The fourth-order valence-electron chi connectivity index (χ4n) is 3.79. The molecule has 6 nitrogen and oxygen atoms in total. The van der Waals surface area contributed by atoms with Crippen molar-refractivity contribution >= 4 is 23.2 Å². The number of nitrogens with one attached hydrogen (secondary N) is 1. The van der Waals surface area contributed by atoms with Crippen LogP contribution >= 0.6 is 11.6 Å². The van der Waals surface area contributed by atoms with Gasteiger partial charge in [-0.1, -0.05) is 29.8 Å². The molecule has 1 aliphatic rings. The summed E-state index contributed by atoms with van der Waals surface area (Å²) >= 11 is 6.02. The minimum Gasteiger partial charge on any atom is -0.321 e. The van der Waals surface area contributed by atoms with Crippen LogP contribution in [-0.2, 0) is 17.5 Å². The highest BCUT2D eigenvalue weighted by atomic mass is 35.5. The maximum Gasteiger partial charge on any atom is 0.436 e. The fourth-order valence-corrected chi connectivity index (χ4v) is 4.17. The van der Waals surface area contributed by atoms with Gasteiger partial charge in [0.2, 0.25) is 5.91 Å². The predicted molar refractivity (Wildman–Crippen MR) is 115 cm³/mol. The quantitative estimate of drug-likeness (QED) is 0.462. The van der Waals surface area contributed by atoms with Crippen molar-refractivity contribution in [3.63, 3.8) is 0 Å². The second kappa shape index (κ2) is 8.48. The van der Waals surface area contributed by atoms with Crippen molar-refractivity contribution in [2.24, 2.45) is 0 Å². The number of benzene rings is 1. The van der Waals surface area contributed by atoms with Gasteiger partial charge in [0, 0.05) is 11.5 Å². The third-order valence-electron chi connectivity index (χ3n) is 5.77. The molecule has 0 radical (unpaired) electrons. The van der Waals surface area contributed by atoms with Crippen molar-refractivity contribution in [2.45, 2.75) is 58.3 Å². The summed E-state index contributed by atoms with van der Waals surface area (Å²) in [5.74, 6) is -1.07. The maximum absolute atomic E-state index is 14.0. The highest BCUT2D eigenvalue weighted by molar-refractivity contribution is 6.32. The van der Waals surface area contributed by atoms with Gasteiger partial charge in [0.1, 0.15) is 11.9 Å². The lowest BCUT2D eigenvalue weighted by Gasteiger charge is -2.16. The van der Waals surface area contributed by atoms with Crippen LogP contribution in [0.15, 0.2) is 24.3 Å². The zero-order chi connectivity index (χ0) is 24.1. The SMILES string of the molecule is Cc1nn(Cc2ccccc2F)c(C)c1NC(=O)C(C)n1nc(C(F)(F)F)c(Cl)c1C1CC1. The van der Waals surface area contributed by atoms with E-state index in [1.807, 2.05) is 0 Å². The van der Waals surface area contributed by atoms with Gasteiger partial charge in [-0.3, -0.25) is 14.2 Å². The molecule has 4 rings (SSSR count). The van der Waals surface area contributed by atoms with Gasteiger partial charge in [-0.2, -0.15) is 23.4 Å². The molecule has 1 fully saturated rings. The molecule has 1 unspecified atom stereocenters. The summed E-state index contributed by atoms with van der Waals surface area (Å²) in [5.41, 5.74) is 1.00. The smallest absolute Gasteiger partial charge is 0.321 e. The Balaban J connectivity index is 1.59. The summed E-state index contributed by atoms with van der Waals surface area (Å²) in [6.45, 7) is 5.05. The highest BCUT2D eigenvalue weighted by Gasteiger charge is 2.43. The average Bonchev–Trinajstić information content (AvgIpc) is 3.47. The first-order valence-electron chi connectivity index (χ1n) is 10.4. The minimum atomic E-state index is -4.72. The van der Waals surface area contributed by atoms with Crippen molar-refractivity contribution in [1.29, 1.82) is 0 Å². The van der Waals surface area contributed by atoms with Gasteiger partial charge in [0.15, 0.2) is 5.69 Å². The van der Waals surface area contributed by atoms with E-state index in [1.165, 1.54) is 13.0 Å². The predicted octanol–water partition coefficient (Wildman–Crippen LogP) is 5.63. The second-order valence-electron chi connectivity index (χ2n) is 8.22. The van der Waals surface area contributed by atoms with Crippen molar-refractivity contribution in [3.05, 3.63) is 63.4 Å². The largest absolute Gasteiger partial charge is 0.436 e. The zero-order valence-electron chi connectivity index (χ0n) is 18.2. The third-order valence-corrected chi connectivity index (χ3v) is 6.15. The van der Waals surface area contributed by atoms with E-state index in [-0.39, 0.29) is 24.0 Å². The molecule has 1 saturated carbocycles. The van der Waals surface area contributed by atoms with Crippen molar-refractivity contribution in [2.75, 3.05) is 5.32 Å². The summed E-state index contributed by atoms with van der Waals surface area (Å²) < 4.78 is 56.7. The van der Waals surface area contributed by atoms with E-state index in [4.69, 9.17) is 11.6 Å². The van der Waals surface area contributed by atoms with Gasteiger partial charge < -0.3 is 5.32 Å². The van der Waals surface area contributed by atoms with Crippen molar-refractivity contribution in [3.8, 4) is 0 Å². The highest BCUT2D eigenvalue weighted by Crippen LogP contribution is 2.47. The summed E-state index contributed by atoms with van der Waals surface area (Å²) in [6.07, 6.45) is -3.33. The molecule has 1 amide bonds. The van der Waals surface area contributed by atoms with E-state index < -0.39 is 28.8 Å². The number of halogens is 5. The Morgan fingerprint density at radius 1 is 1.24 bits per heavy atom. The summed E-state index contributed by atoms with van der Waals surface area (Å²) in [5, 5.41) is 10.3. The Hall–Kier alpha value is -2.88. The Bertz CT molecular complexity index is 1210. The van der Waals surface area contributed by atoms with Crippen LogP contribution in [0.3, 0.4) is 0 Å². The first-order chi connectivity index (χ1) is 15.5. The Morgan fingerprint density at radius 3 is 2.52 bits per heavy atom. The number of anilines is 1. The summed E-state index contributed by atoms with van der Waals surface area (Å²) in [6, 6.07) is 5.27. The standard InChI is InChI=1S/C22H22ClF4N5O/c1-11-18(12(2)31(29-11)10-15-6-4-5-7-16(15)24)28-21(33)13(3)32-19(14-8-9-14)17(23)20(30-32)22(25,26)27/h4-7,13-14H,8-10H2,1-3H3,(H,28,33). The molecule has 0 saturated heterocycles. The van der Waals surface area contributed by atoms with Crippen LogP contribution in [0.4, 0.5) is 23.2 Å². The number of amides is 1. The first kappa shape index (κ1) is 23.3. The lowest BCUT2D eigenvalue weighted by atomic mass is 10.2. The molecule has 176 valence electrons. The molecule has 11 heteroatoms. The molecule has 0 spiro atoms. The molecule has 1 aromatic carbocycles.